The van der Waals surface area contributed by atoms with Gasteiger partial charge >= 0.3 is 82.7 Å². The number of aryl methyl sites for hydroxylation is 2. The third-order valence-corrected chi connectivity index (χ3v) is 8.59. The molecule has 0 aliphatic heterocycles. The van der Waals surface area contributed by atoms with E-state index in [1.54, 1.807) is 0 Å². The molecule has 0 spiro atoms. The third kappa shape index (κ3) is 11.1. The van der Waals surface area contributed by atoms with Crippen LogP contribution in [0.3, 0.4) is 0 Å². The Morgan fingerprint density at radius 2 is 1.33 bits per heavy atom. The molecule has 0 nitrogen and oxygen atoms in total. The molecule has 0 N–H and O–H groups in total. The van der Waals surface area contributed by atoms with Crippen molar-refractivity contribution in [1.82, 2.24) is 0 Å². The standard InChI is InChI=1S/C21H25.C10H15.C8H5F3.2ClH.Zr/c1-20(2,3)16-7-9-18-14(12-16)11-15-13-17(21(4,5)6)8-10-19(15)18;1-7(2)10-6-8(3)5-9(10)4;1-6-2-4-7(5-3-6)8(9,10)11;;;/h7-10,12H,11H2,1-6H3;5-7H,1-4H3;1-5H;2*1H;/q2*-1;;;;+2/p-2. The minimum Gasteiger partial charge on any atom is -1.00 e. The minimum atomic E-state index is -4.22. The average molecular weight is 733 g/mol. The Morgan fingerprint density at radius 1 is 0.778 bits per heavy atom. The van der Waals surface area contributed by atoms with Gasteiger partial charge in [0, 0.05) is 0 Å². The molecule has 6 heteroatoms. The van der Waals surface area contributed by atoms with E-state index < -0.39 is 11.7 Å². The van der Waals surface area contributed by atoms with Crippen molar-refractivity contribution < 1.29 is 62.2 Å². The van der Waals surface area contributed by atoms with Crippen LogP contribution in [0.25, 0.3) is 11.1 Å². The fourth-order valence-corrected chi connectivity index (χ4v) is 5.72. The molecule has 0 fully saturated rings. The second-order valence-electron chi connectivity index (χ2n) is 13.9. The van der Waals surface area contributed by atoms with Crippen LogP contribution in [0.2, 0.25) is 0 Å². The molecule has 0 heterocycles. The maximum atomic E-state index is 12.0. The first-order valence-corrected chi connectivity index (χ1v) is 16.3. The molecule has 0 saturated carbocycles. The smallest absolute Gasteiger partial charge is 1.00 e. The van der Waals surface area contributed by atoms with Crippen molar-refractivity contribution in [1.29, 1.82) is 0 Å². The molecule has 0 bridgehead atoms. The van der Waals surface area contributed by atoms with Crippen molar-refractivity contribution >= 4 is 3.71 Å². The quantitative estimate of drug-likeness (QED) is 0.219. The van der Waals surface area contributed by atoms with Crippen LogP contribution < -0.4 is 24.8 Å². The van der Waals surface area contributed by atoms with Gasteiger partial charge in [0.25, 0.3) is 0 Å². The van der Waals surface area contributed by atoms with Gasteiger partial charge in [0.05, 0.1) is 0 Å². The van der Waals surface area contributed by atoms with Crippen LogP contribution in [0.4, 0.5) is 13.2 Å². The predicted octanol–water partition coefficient (Wildman–Crippen LogP) is 5.21. The van der Waals surface area contributed by atoms with E-state index in [2.05, 4.69) is 118 Å². The molecule has 5 rings (SSSR count). The SMILES string of the molecule is CC(C)(C)c1[c-]c2c(cc1)-c1ccc(C(C)(C)C)cc1C2.Cc1cc(C(C)C)c(C)[cH-]1.FC(F)(F)c1ccc([CH]=[Zr+2])cc1.[Cl-].[Cl-]. The molecule has 0 aromatic heterocycles. The van der Waals surface area contributed by atoms with Crippen LogP contribution in [0.1, 0.15) is 111 Å². The van der Waals surface area contributed by atoms with E-state index in [0.29, 0.717) is 5.92 Å². The summed E-state index contributed by atoms with van der Waals surface area (Å²) >= 11 is 1.18. The Kier molecular flexibility index (Phi) is 14.9. The summed E-state index contributed by atoms with van der Waals surface area (Å²) in [6.45, 7) is 22.4. The monoisotopic (exact) mass is 730 g/mol. The zero-order chi connectivity index (χ0) is 32.3. The molecule has 4 aromatic carbocycles. The van der Waals surface area contributed by atoms with Crippen molar-refractivity contribution in [3.8, 4) is 11.1 Å². The second kappa shape index (κ2) is 16.3. The van der Waals surface area contributed by atoms with Crippen molar-refractivity contribution in [2.75, 3.05) is 0 Å². The summed E-state index contributed by atoms with van der Waals surface area (Å²) in [7, 11) is 0. The Hall–Kier alpha value is -1.87. The van der Waals surface area contributed by atoms with Crippen molar-refractivity contribution in [2.45, 2.75) is 98.6 Å². The van der Waals surface area contributed by atoms with Crippen LogP contribution in [0.15, 0.2) is 66.7 Å². The topological polar surface area (TPSA) is 0 Å². The molecular weight excluding hydrogens is 688 g/mol. The van der Waals surface area contributed by atoms with Gasteiger partial charge in [-0.25, -0.2) is 6.07 Å². The molecule has 4 aromatic rings. The van der Waals surface area contributed by atoms with Gasteiger partial charge in [0.1, 0.15) is 0 Å². The van der Waals surface area contributed by atoms with Crippen LogP contribution in [0.5, 0.6) is 0 Å². The minimum absolute atomic E-state index is 0. The summed E-state index contributed by atoms with van der Waals surface area (Å²) < 4.78 is 37.9. The first-order chi connectivity index (χ1) is 19.8. The van der Waals surface area contributed by atoms with Gasteiger partial charge in [-0.05, 0) is 28.4 Å². The maximum Gasteiger partial charge on any atom is -1.00 e. The second-order valence-corrected chi connectivity index (χ2v) is 14.6. The van der Waals surface area contributed by atoms with E-state index in [1.165, 1.54) is 86.4 Å². The van der Waals surface area contributed by atoms with E-state index in [4.69, 9.17) is 0 Å². The number of fused-ring (bicyclic) bond motifs is 3. The molecule has 45 heavy (non-hydrogen) atoms. The Labute approximate surface area is 296 Å². The summed E-state index contributed by atoms with van der Waals surface area (Å²) in [6.07, 6.45) is -3.20. The normalized spacial score (nSPS) is 12.0. The number of hydrogen-bond acceptors (Lipinski definition) is 0. The van der Waals surface area contributed by atoms with Crippen LogP contribution in [-0.2, 0) is 47.7 Å². The van der Waals surface area contributed by atoms with Crippen LogP contribution in [0, 0.1) is 19.9 Å². The fourth-order valence-electron chi connectivity index (χ4n) is 5.24. The first kappa shape index (κ1) is 41.2. The van der Waals surface area contributed by atoms with E-state index in [-0.39, 0.29) is 35.6 Å². The van der Waals surface area contributed by atoms with Gasteiger partial charge in [-0.15, -0.1) is 11.1 Å². The Bertz CT molecular complexity index is 1490. The molecule has 0 radical (unpaired) electrons. The molecule has 242 valence electrons. The summed E-state index contributed by atoms with van der Waals surface area (Å²) in [5.41, 5.74) is 13.3. The van der Waals surface area contributed by atoms with E-state index in [1.807, 2.05) is 3.71 Å². The molecule has 1 aliphatic carbocycles. The Morgan fingerprint density at radius 3 is 1.76 bits per heavy atom. The summed E-state index contributed by atoms with van der Waals surface area (Å²) in [6, 6.07) is 24.8. The zero-order valence-corrected chi connectivity index (χ0v) is 32.1. The molecular formula is C39H45Cl2F3Zr-2. The van der Waals surface area contributed by atoms with Crippen LogP contribution >= 0.6 is 0 Å². The average Bonchev–Trinajstić information content (AvgIpc) is 3.45. The van der Waals surface area contributed by atoms with E-state index in [9.17, 15) is 13.2 Å². The van der Waals surface area contributed by atoms with Gasteiger partial charge in [0.15, 0.2) is 0 Å². The molecule has 0 atom stereocenters. The fraction of sp³-hybridized carbons (Fsp3) is 0.385. The maximum absolute atomic E-state index is 12.0. The predicted molar refractivity (Wildman–Crippen MR) is 173 cm³/mol. The van der Waals surface area contributed by atoms with Crippen molar-refractivity contribution in [3.05, 3.63) is 123 Å². The molecule has 0 saturated heterocycles. The first-order valence-electron chi connectivity index (χ1n) is 14.9. The van der Waals surface area contributed by atoms with Crippen LogP contribution in [-0.4, -0.2) is 3.71 Å². The summed E-state index contributed by atoms with van der Waals surface area (Å²) in [4.78, 5) is 0. The van der Waals surface area contributed by atoms with Crippen molar-refractivity contribution in [3.63, 3.8) is 0 Å². The zero-order valence-electron chi connectivity index (χ0n) is 28.1. The Balaban J connectivity index is 0.000000362. The molecule has 0 unspecified atom stereocenters. The van der Waals surface area contributed by atoms with Crippen molar-refractivity contribution in [2.24, 2.45) is 0 Å². The largest absolute Gasteiger partial charge is 1.00 e. The third-order valence-electron chi connectivity index (χ3n) is 7.77. The van der Waals surface area contributed by atoms with Gasteiger partial charge in [-0.1, -0.05) is 98.9 Å². The van der Waals surface area contributed by atoms with Gasteiger partial charge in [-0.3, -0.25) is 0 Å². The van der Waals surface area contributed by atoms with Gasteiger partial charge in [0.2, 0.25) is 0 Å². The number of benzene rings is 3. The van der Waals surface area contributed by atoms with E-state index in [0.717, 1.165) is 24.1 Å². The number of alkyl halides is 3. The number of rotatable bonds is 2. The van der Waals surface area contributed by atoms with Gasteiger partial charge in [-0.2, -0.15) is 46.5 Å². The summed E-state index contributed by atoms with van der Waals surface area (Å²) in [5, 5.41) is 0. The molecule has 1 aliphatic rings. The summed E-state index contributed by atoms with van der Waals surface area (Å²) in [5.74, 6) is 0.675. The van der Waals surface area contributed by atoms with Gasteiger partial charge < -0.3 is 24.8 Å². The molecule has 0 amide bonds. The van der Waals surface area contributed by atoms with E-state index >= 15 is 0 Å². The number of hydrogen-bond donors (Lipinski definition) is 0. The number of halogens is 5.